The Morgan fingerprint density at radius 3 is 2.94 bits per heavy atom. The number of amides is 1. The highest BCUT2D eigenvalue weighted by Crippen LogP contribution is 2.17. The first-order valence-electron chi connectivity index (χ1n) is 5.26. The summed E-state index contributed by atoms with van der Waals surface area (Å²) < 4.78 is 13.6. The molecular formula is C12H15BrFNOS. The highest BCUT2D eigenvalue weighted by atomic mass is 79.9. The van der Waals surface area contributed by atoms with Crippen molar-refractivity contribution in [2.75, 3.05) is 18.6 Å². The van der Waals surface area contributed by atoms with E-state index in [1.807, 2.05) is 6.26 Å². The first-order valence-corrected chi connectivity index (χ1v) is 7.45. The molecule has 0 bridgehead atoms. The second-order valence-electron chi connectivity index (χ2n) is 3.89. The Balaban J connectivity index is 2.61. The molecular weight excluding hydrogens is 305 g/mol. The molecule has 0 fully saturated rings. The van der Waals surface area contributed by atoms with Gasteiger partial charge in [-0.2, -0.15) is 11.8 Å². The van der Waals surface area contributed by atoms with Gasteiger partial charge in [0.2, 0.25) is 0 Å². The quantitative estimate of drug-likeness (QED) is 0.902. The SMILES string of the molecule is CSCC(C)CNC(=O)c1cc(F)ccc1Br. The monoisotopic (exact) mass is 319 g/mol. The largest absolute Gasteiger partial charge is 0.352 e. The predicted octanol–water partition coefficient (Wildman–Crippen LogP) is 3.32. The predicted molar refractivity (Wildman–Crippen MR) is 74.0 cm³/mol. The molecule has 5 heteroatoms. The van der Waals surface area contributed by atoms with Crippen LogP contribution in [0.1, 0.15) is 17.3 Å². The van der Waals surface area contributed by atoms with E-state index in [0.29, 0.717) is 22.5 Å². The lowest BCUT2D eigenvalue weighted by Gasteiger charge is -2.11. The molecule has 1 unspecified atom stereocenters. The minimum absolute atomic E-state index is 0.246. The zero-order chi connectivity index (χ0) is 12.8. The molecule has 0 aliphatic rings. The zero-order valence-electron chi connectivity index (χ0n) is 9.80. The van der Waals surface area contributed by atoms with E-state index in [-0.39, 0.29) is 5.91 Å². The number of benzene rings is 1. The van der Waals surface area contributed by atoms with Gasteiger partial charge in [-0.05, 0) is 52.1 Å². The third-order valence-electron chi connectivity index (χ3n) is 2.24. The summed E-state index contributed by atoms with van der Waals surface area (Å²) in [7, 11) is 0. The number of hydrogen-bond acceptors (Lipinski definition) is 2. The van der Waals surface area contributed by atoms with Crippen molar-refractivity contribution in [1.82, 2.24) is 5.32 Å². The van der Waals surface area contributed by atoms with Crippen molar-refractivity contribution < 1.29 is 9.18 Å². The lowest BCUT2D eigenvalue weighted by atomic mass is 10.2. The minimum atomic E-state index is -0.407. The van der Waals surface area contributed by atoms with Crippen LogP contribution in [0.4, 0.5) is 4.39 Å². The highest BCUT2D eigenvalue weighted by Gasteiger charge is 2.11. The average molecular weight is 320 g/mol. The van der Waals surface area contributed by atoms with Crippen LogP contribution in [0.5, 0.6) is 0 Å². The van der Waals surface area contributed by atoms with E-state index in [1.165, 1.54) is 18.2 Å². The van der Waals surface area contributed by atoms with Gasteiger partial charge in [-0.25, -0.2) is 4.39 Å². The first-order chi connectivity index (χ1) is 8.04. The number of hydrogen-bond donors (Lipinski definition) is 1. The Kier molecular flexibility index (Phi) is 5.98. The maximum atomic E-state index is 13.0. The van der Waals surface area contributed by atoms with Gasteiger partial charge in [0.1, 0.15) is 5.82 Å². The molecule has 0 saturated heterocycles. The smallest absolute Gasteiger partial charge is 0.252 e. The molecule has 0 radical (unpaired) electrons. The highest BCUT2D eigenvalue weighted by molar-refractivity contribution is 9.10. The molecule has 1 amide bonds. The van der Waals surface area contributed by atoms with E-state index in [9.17, 15) is 9.18 Å². The molecule has 0 aliphatic carbocycles. The summed E-state index contributed by atoms with van der Waals surface area (Å²) in [5.41, 5.74) is 0.335. The van der Waals surface area contributed by atoms with E-state index in [4.69, 9.17) is 0 Å². The fourth-order valence-electron chi connectivity index (χ4n) is 1.38. The van der Waals surface area contributed by atoms with Gasteiger partial charge in [-0.15, -0.1) is 0 Å². The van der Waals surface area contributed by atoms with Crippen LogP contribution in [0.25, 0.3) is 0 Å². The van der Waals surface area contributed by atoms with Crippen molar-refractivity contribution in [3.63, 3.8) is 0 Å². The fraction of sp³-hybridized carbons (Fsp3) is 0.417. The molecule has 17 heavy (non-hydrogen) atoms. The molecule has 0 spiro atoms. The van der Waals surface area contributed by atoms with Gasteiger partial charge in [0.25, 0.3) is 5.91 Å². The van der Waals surface area contributed by atoms with Crippen molar-refractivity contribution >= 4 is 33.6 Å². The van der Waals surface area contributed by atoms with Crippen LogP contribution in [0.15, 0.2) is 22.7 Å². The third kappa shape index (κ3) is 4.68. The van der Waals surface area contributed by atoms with Crippen LogP contribution in [0.3, 0.4) is 0 Å². The van der Waals surface area contributed by atoms with Crippen molar-refractivity contribution in [2.45, 2.75) is 6.92 Å². The summed E-state index contributed by atoms with van der Waals surface area (Å²) in [6, 6.07) is 4.09. The molecule has 94 valence electrons. The second-order valence-corrected chi connectivity index (χ2v) is 5.66. The molecule has 0 saturated carbocycles. The van der Waals surface area contributed by atoms with E-state index in [2.05, 4.69) is 28.2 Å². The van der Waals surface area contributed by atoms with Gasteiger partial charge in [-0.3, -0.25) is 4.79 Å². The van der Waals surface area contributed by atoms with Crippen LogP contribution in [0.2, 0.25) is 0 Å². The van der Waals surface area contributed by atoms with Crippen LogP contribution < -0.4 is 5.32 Å². The lowest BCUT2D eigenvalue weighted by Crippen LogP contribution is -2.29. The Morgan fingerprint density at radius 2 is 2.29 bits per heavy atom. The number of thioether (sulfide) groups is 1. The molecule has 1 aromatic carbocycles. The van der Waals surface area contributed by atoms with Crippen molar-refractivity contribution in [1.29, 1.82) is 0 Å². The summed E-state index contributed by atoms with van der Waals surface area (Å²) in [5, 5.41) is 2.80. The molecule has 1 rings (SSSR count). The third-order valence-corrected chi connectivity index (χ3v) is 3.83. The topological polar surface area (TPSA) is 29.1 Å². The van der Waals surface area contributed by atoms with E-state index < -0.39 is 5.82 Å². The standard InChI is InChI=1S/C12H15BrFNOS/c1-8(7-17-2)6-15-12(16)10-5-9(14)3-4-11(10)13/h3-5,8H,6-7H2,1-2H3,(H,15,16). The summed E-state index contributed by atoms with van der Waals surface area (Å²) in [6.07, 6.45) is 2.03. The van der Waals surface area contributed by atoms with Crippen LogP contribution in [0, 0.1) is 11.7 Å². The number of carbonyl (C=O) groups is 1. The second kappa shape index (κ2) is 7.01. The molecule has 1 aromatic rings. The van der Waals surface area contributed by atoms with E-state index >= 15 is 0 Å². The first kappa shape index (κ1) is 14.5. The number of halogens is 2. The Morgan fingerprint density at radius 1 is 1.59 bits per heavy atom. The van der Waals surface area contributed by atoms with Crippen LogP contribution in [-0.2, 0) is 0 Å². The fourth-order valence-corrected chi connectivity index (χ4v) is 2.49. The van der Waals surface area contributed by atoms with Gasteiger partial charge >= 0.3 is 0 Å². The van der Waals surface area contributed by atoms with Crippen molar-refractivity contribution in [2.24, 2.45) is 5.92 Å². The van der Waals surface area contributed by atoms with Crippen LogP contribution in [-0.4, -0.2) is 24.5 Å². The molecule has 0 heterocycles. The normalized spacial score (nSPS) is 12.2. The van der Waals surface area contributed by atoms with Crippen molar-refractivity contribution in [3.8, 4) is 0 Å². The maximum Gasteiger partial charge on any atom is 0.252 e. The average Bonchev–Trinajstić information content (AvgIpc) is 2.29. The van der Waals surface area contributed by atoms with Crippen molar-refractivity contribution in [3.05, 3.63) is 34.1 Å². The molecule has 1 atom stereocenters. The van der Waals surface area contributed by atoms with E-state index in [0.717, 1.165) is 5.75 Å². The van der Waals surface area contributed by atoms with Gasteiger partial charge in [-0.1, -0.05) is 6.92 Å². The van der Waals surface area contributed by atoms with Gasteiger partial charge in [0.15, 0.2) is 0 Å². The Labute approximate surface area is 113 Å². The van der Waals surface area contributed by atoms with Gasteiger partial charge < -0.3 is 5.32 Å². The Bertz CT molecular complexity index is 400. The van der Waals surface area contributed by atoms with Crippen LogP contribution >= 0.6 is 27.7 Å². The molecule has 1 N–H and O–H groups in total. The zero-order valence-corrected chi connectivity index (χ0v) is 12.2. The summed E-state index contributed by atoms with van der Waals surface area (Å²) >= 11 is 4.98. The number of nitrogens with one attached hydrogen (secondary N) is 1. The van der Waals surface area contributed by atoms with Gasteiger partial charge in [0, 0.05) is 11.0 Å². The number of rotatable bonds is 5. The molecule has 0 aromatic heterocycles. The Hall–Kier alpha value is -0.550. The lowest BCUT2D eigenvalue weighted by molar-refractivity contribution is 0.0948. The van der Waals surface area contributed by atoms with E-state index in [1.54, 1.807) is 11.8 Å². The molecule has 2 nitrogen and oxygen atoms in total. The van der Waals surface area contributed by atoms with Gasteiger partial charge in [0.05, 0.1) is 5.56 Å². The number of carbonyl (C=O) groups excluding carboxylic acids is 1. The summed E-state index contributed by atoms with van der Waals surface area (Å²) in [4.78, 5) is 11.8. The summed E-state index contributed by atoms with van der Waals surface area (Å²) in [5.74, 6) is 0.742. The maximum absolute atomic E-state index is 13.0. The molecule has 0 aliphatic heterocycles. The summed E-state index contributed by atoms with van der Waals surface area (Å²) in [6.45, 7) is 2.67. The minimum Gasteiger partial charge on any atom is -0.352 e.